The van der Waals surface area contributed by atoms with Crippen LogP contribution < -0.4 is 10.6 Å². The Morgan fingerprint density at radius 2 is 1.95 bits per heavy atom. The molecule has 20 heavy (non-hydrogen) atoms. The molecule has 0 aliphatic rings. The number of carbonyl (C=O) groups excluding carboxylic acids is 1. The summed E-state index contributed by atoms with van der Waals surface area (Å²) in [5.41, 5.74) is 2.55. The predicted octanol–water partition coefficient (Wildman–Crippen LogP) is 3.11. The third kappa shape index (κ3) is 3.22. The molecule has 0 bridgehead atoms. The molecule has 0 heterocycles. The van der Waals surface area contributed by atoms with Gasteiger partial charge in [-0.15, -0.1) is 0 Å². The molecular formula is C16H17FN2O. The average molecular weight is 272 g/mol. The molecule has 1 amide bonds. The van der Waals surface area contributed by atoms with E-state index in [-0.39, 0.29) is 5.56 Å². The molecule has 0 aromatic heterocycles. The quantitative estimate of drug-likeness (QED) is 0.898. The summed E-state index contributed by atoms with van der Waals surface area (Å²) in [5, 5.41) is 5.79. The minimum atomic E-state index is -0.515. The summed E-state index contributed by atoms with van der Waals surface area (Å²) in [6.07, 6.45) is 0. The zero-order valence-corrected chi connectivity index (χ0v) is 11.5. The van der Waals surface area contributed by atoms with E-state index in [9.17, 15) is 9.18 Å². The van der Waals surface area contributed by atoms with Crippen molar-refractivity contribution in [3.05, 3.63) is 65.0 Å². The van der Waals surface area contributed by atoms with Crippen molar-refractivity contribution >= 4 is 11.6 Å². The van der Waals surface area contributed by atoms with E-state index in [4.69, 9.17) is 0 Å². The fraction of sp³-hybridized carbons (Fsp3) is 0.188. The zero-order valence-electron chi connectivity index (χ0n) is 11.5. The molecule has 0 saturated carbocycles. The number of amides is 1. The van der Waals surface area contributed by atoms with Crippen LogP contribution in [0.3, 0.4) is 0 Å². The first-order valence-electron chi connectivity index (χ1n) is 6.42. The van der Waals surface area contributed by atoms with Crippen molar-refractivity contribution in [2.45, 2.75) is 13.5 Å². The molecule has 0 unspecified atom stereocenters. The van der Waals surface area contributed by atoms with Crippen LogP contribution in [0.1, 0.15) is 21.5 Å². The Labute approximate surface area is 117 Å². The third-order valence-electron chi connectivity index (χ3n) is 3.00. The average Bonchev–Trinajstić information content (AvgIpc) is 2.44. The summed E-state index contributed by atoms with van der Waals surface area (Å²) in [5.74, 6) is -0.950. The number of anilines is 1. The first-order chi connectivity index (χ1) is 9.61. The summed E-state index contributed by atoms with van der Waals surface area (Å²) in [6.45, 7) is 2.46. The topological polar surface area (TPSA) is 41.1 Å². The number of nitrogens with one attached hydrogen (secondary N) is 2. The van der Waals surface area contributed by atoms with Gasteiger partial charge in [-0.05, 0) is 37.7 Å². The number of benzene rings is 2. The maximum absolute atomic E-state index is 13.7. The number of aryl methyl sites for hydroxylation is 1. The number of hydrogen-bond donors (Lipinski definition) is 2. The van der Waals surface area contributed by atoms with Crippen LogP contribution >= 0.6 is 0 Å². The standard InChI is InChI=1S/C16H17FN2O/c1-11-7-8-14(17)13(9-11)16(20)19-15-6-4-3-5-12(15)10-18-2/h3-9,18H,10H2,1-2H3,(H,19,20). The Morgan fingerprint density at radius 3 is 2.70 bits per heavy atom. The Bertz CT molecular complexity index is 626. The molecule has 0 aliphatic carbocycles. The largest absolute Gasteiger partial charge is 0.322 e. The second kappa shape index (κ2) is 6.30. The Kier molecular flexibility index (Phi) is 4.48. The molecule has 0 spiro atoms. The van der Waals surface area contributed by atoms with Gasteiger partial charge in [0.1, 0.15) is 5.82 Å². The maximum atomic E-state index is 13.7. The maximum Gasteiger partial charge on any atom is 0.258 e. The Balaban J connectivity index is 2.26. The molecule has 2 aromatic rings. The van der Waals surface area contributed by atoms with Crippen molar-refractivity contribution in [3.8, 4) is 0 Å². The van der Waals surface area contributed by atoms with Crippen molar-refractivity contribution in [3.63, 3.8) is 0 Å². The van der Waals surface area contributed by atoms with Crippen molar-refractivity contribution in [2.75, 3.05) is 12.4 Å². The van der Waals surface area contributed by atoms with E-state index in [1.54, 1.807) is 18.2 Å². The number of hydrogen-bond acceptors (Lipinski definition) is 2. The van der Waals surface area contributed by atoms with Gasteiger partial charge in [-0.25, -0.2) is 4.39 Å². The number of rotatable bonds is 4. The predicted molar refractivity (Wildman–Crippen MR) is 78.3 cm³/mol. The van der Waals surface area contributed by atoms with Crippen LogP contribution in [0.2, 0.25) is 0 Å². The van der Waals surface area contributed by atoms with Gasteiger partial charge in [-0.3, -0.25) is 4.79 Å². The summed E-state index contributed by atoms with van der Waals surface area (Å²) in [4.78, 5) is 12.2. The second-order valence-corrected chi connectivity index (χ2v) is 4.62. The van der Waals surface area contributed by atoms with Crippen LogP contribution in [-0.2, 0) is 6.54 Å². The molecule has 2 aromatic carbocycles. The Hall–Kier alpha value is -2.20. The summed E-state index contributed by atoms with van der Waals surface area (Å²) >= 11 is 0. The highest BCUT2D eigenvalue weighted by atomic mass is 19.1. The molecule has 0 aliphatic heterocycles. The number of halogens is 1. The first kappa shape index (κ1) is 14.2. The van der Waals surface area contributed by atoms with Crippen LogP contribution in [0.15, 0.2) is 42.5 Å². The van der Waals surface area contributed by atoms with Gasteiger partial charge >= 0.3 is 0 Å². The molecule has 4 heteroatoms. The van der Waals surface area contributed by atoms with E-state index >= 15 is 0 Å². The van der Waals surface area contributed by atoms with Crippen LogP contribution in [0.4, 0.5) is 10.1 Å². The lowest BCUT2D eigenvalue weighted by molar-refractivity contribution is 0.102. The highest BCUT2D eigenvalue weighted by Gasteiger charge is 2.13. The molecule has 2 N–H and O–H groups in total. The van der Waals surface area contributed by atoms with Gasteiger partial charge in [0.05, 0.1) is 5.56 Å². The minimum absolute atomic E-state index is 0.0595. The van der Waals surface area contributed by atoms with Gasteiger partial charge in [0.2, 0.25) is 0 Å². The normalized spacial score (nSPS) is 10.3. The SMILES string of the molecule is CNCc1ccccc1NC(=O)c1cc(C)ccc1F. The summed E-state index contributed by atoms with van der Waals surface area (Å²) in [7, 11) is 1.83. The highest BCUT2D eigenvalue weighted by Crippen LogP contribution is 2.17. The fourth-order valence-electron chi connectivity index (χ4n) is 1.99. The van der Waals surface area contributed by atoms with Gasteiger partial charge in [-0.1, -0.05) is 29.8 Å². The molecule has 2 rings (SSSR count). The van der Waals surface area contributed by atoms with Crippen LogP contribution in [0, 0.1) is 12.7 Å². The lowest BCUT2D eigenvalue weighted by atomic mass is 10.1. The van der Waals surface area contributed by atoms with Gasteiger partial charge in [0, 0.05) is 12.2 Å². The number of carbonyl (C=O) groups is 1. The van der Waals surface area contributed by atoms with Crippen molar-refractivity contribution in [1.82, 2.24) is 5.32 Å². The second-order valence-electron chi connectivity index (χ2n) is 4.62. The fourth-order valence-corrected chi connectivity index (χ4v) is 1.99. The van der Waals surface area contributed by atoms with Crippen molar-refractivity contribution < 1.29 is 9.18 Å². The van der Waals surface area contributed by atoms with Crippen LogP contribution in [0.5, 0.6) is 0 Å². The minimum Gasteiger partial charge on any atom is -0.322 e. The van der Waals surface area contributed by atoms with E-state index in [1.165, 1.54) is 6.07 Å². The smallest absolute Gasteiger partial charge is 0.258 e. The molecule has 0 fully saturated rings. The number of para-hydroxylation sites is 1. The monoisotopic (exact) mass is 272 g/mol. The molecule has 104 valence electrons. The third-order valence-corrected chi connectivity index (χ3v) is 3.00. The van der Waals surface area contributed by atoms with E-state index in [1.807, 2.05) is 32.2 Å². The van der Waals surface area contributed by atoms with E-state index in [0.29, 0.717) is 12.2 Å². The Morgan fingerprint density at radius 1 is 1.20 bits per heavy atom. The molecule has 3 nitrogen and oxygen atoms in total. The molecule has 0 saturated heterocycles. The van der Waals surface area contributed by atoms with E-state index in [2.05, 4.69) is 10.6 Å². The lowest BCUT2D eigenvalue weighted by Gasteiger charge is -2.11. The zero-order chi connectivity index (χ0) is 14.5. The van der Waals surface area contributed by atoms with Gasteiger partial charge in [0.15, 0.2) is 0 Å². The van der Waals surface area contributed by atoms with Crippen LogP contribution in [-0.4, -0.2) is 13.0 Å². The summed E-state index contributed by atoms with van der Waals surface area (Å²) < 4.78 is 13.7. The molecule has 0 atom stereocenters. The van der Waals surface area contributed by atoms with Gasteiger partial charge in [-0.2, -0.15) is 0 Å². The highest BCUT2D eigenvalue weighted by molar-refractivity contribution is 6.04. The van der Waals surface area contributed by atoms with Gasteiger partial charge < -0.3 is 10.6 Å². The van der Waals surface area contributed by atoms with Gasteiger partial charge in [0.25, 0.3) is 5.91 Å². The lowest BCUT2D eigenvalue weighted by Crippen LogP contribution is -2.16. The molecular weight excluding hydrogens is 255 g/mol. The van der Waals surface area contributed by atoms with Crippen molar-refractivity contribution in [1.29, 1.82) is 0 Å². The first-order valence-corrected chi connectivity index (χ1v) is 6.42. The molecule has 0 radical (unpaired) electrons. The van der Waals surface area contributed by atoms with E-state index in [0.717, 1.165) is 11.1 Å². The van der Waals surface area contributed by atoms with E-state index < -0.39 is 11.7 Å². The summed E-state index contributed by atoms with van der Waals surface area (Å²) in [6, 6.07) is 11.9. The van der Waals surface area contributed by atoms with Crippen molar-refractivity contribution in [2.24, 2.45) is 0 Å². The van der Waals surface area contributed by atoms with Crippen LogP contribution in [0.25, 0.3) is 0 Å².